The van der Waals surface area contributed by atoms with Gasteiger partial charge >= 0.3 is 0 Å². The molecule has 0 spiro atoms. The van der Waals surface area contributed by atoms with Crippen LogP contribution < -0.4 is 0 Å². The van der Waals surface area contributed by atoms with Gasteiger partial charge in [-0.05, 0) is 12.3 Å². The van der Waals surface area contributed by atoms with Gasteiger partial charge in [-0.15, -0.1) is 0 Å². The van der Waals surface area contributed by atoms with Gasteiger partial charge in [-0.2, -0.15) is 0 Å². The summed E-state index contributed by atoms with van der Waals surface area (Å²) in [6.45, 7) is 5.36. The molecule has 0 unspecified atom stereocenters. The van der Waals surface area contributed by atoms with Gasteiger partial charge < -0.3 is 5.11 Å². The molecule has 1 N–H and O–H groups in total. The molecule has 11 heavy (non-hydrogen) atoms. The van der Waals surface area contributed by atoms with Crippen molar-refractivity contribution in [3.8, 4) is 0 Å². The number of rotatable bonds is 2. The van der Waals surface area contributed by atoms with E-state index >= 15 is 0 Å². The number of Topliss-reactive ketones (excluding diaryl/α,β-unsaturated/α-hetero) is 1. The first-order valence-electron chi connectivity index (χ1n) is 4.00. The molecule has 1 saturated carbocycles. The van der Waals surface area contributed by atoms with Crippen molar-refractivity contribution in [1.29, 1.82) is 0 Å². The van der Waals surface area contributed by atoms with Crippen LogP contribution in [0.2, 0.25) is 0 Å². The standard InChI is InChI=1S/C9H14O2/c1-6(10)5-8-3-4-9(11)7(8)2/h7-8,10H,1,3-5H2,2H3/t7-,8-/m1/s1. The number of carbonyl (C=O) groups excluding carboxylic acids is 1. The first-order valence-corrected chi connectivity index (χ1v) is 4.00. The summed E-state index contributed by atoms with van der Waals surface area (Å²) in [5.41, 5.74) is 0. The Bertz CT molecular complexity index is 184. The molecule has 2 heteroatoms. The molecular weight excluding hydrogens is 140 g/mol. The van der Waals surface area contributed by atoms with Crippen molar-refractivity contribution in [1.82, 2.24) is 0 Å². The highest BCUT2D eigenvalue weighted by atomic mass is 16.3. The van der Waals surface area contributed by atoms with Crippen LogP contribution in [0.25, 0.3) is 0 Å². The first-order chi connectivity index (χ1) is 5.11. The van der Waals surface area contributed by atoms with Crippen LogP contribution >= 0.6 is 0 Å². The normalized spacial score (nSPS) is 30.8. The minimum Gasteiger partial charge on any atom is -0.513 e. The SMILES string of the molecule is C=C(O)C[C@H]1CCC(=O)[C@@H]1C. The Labute approximate surface area is 66.9 Å². The van der Waals surface area contributed by atoms with Gasteiger partial charge in [0, 0.05) is 18.8 Å². The zero-order chi connectivity index (χ0) is 8.43. The van der Waals surface area contributed by atoms with E-state index < -0.39 is 0 Å². The molecular formula is C9H14O2. The fourth-order valence-corrected chi connectivity index (χ4v) is 1.65. The van der Waals surface area contributed by atoms with Gasteiger partial charge in [0.15, 0.2) is 0 Å². The van der Waals surface area contributed by atoms with E-state index in [-0.39, 0.29) is 11.7 Å². The van der Waals surface area contributed by atoms with Gasteiger partial charge in [0.2, 0.25) is 0 Å². The average Bonchev–Trinajstić information content (AvgIpc) is 2.18. The van der Waals surface area contributed by atoms with Crippen molar-refractivity contribution in [2.24, 2.45) is 11.8 Å². The van der Waals surface area contributed by atoms with E-state index in [1.165, 1.54) is 0 Å². The maximum atomic E-state index is 11.1. The lowest BCUT2D eigenvalue weighted by molar-refractivity contribution is -0.120. The van der Waals surface area contributed by atoms with Crippen molar-refractivity contribution >= 4 is 5.78 Å². The van der Waals surface area contributed by atoms with Crippen LogP contribution in [-0.2, 0) is 4.79 Å². The number of hydrogen-bond acceptors (Lipinski definition) is 2. The average molecular weight is 154 g/mol. The third-order valence-electron chi connectivity index (χ3n) is 2.47. The Kier molecular flexibility index (Phi) is 2.32. The number of carbonyl (C=O) groups is 1. The fourth-order valence-electron chi connectivity index (χ4n) is 1.65. The summed E-state index contributed by atoms with van der Waals surface area (Å²) < 4.78 is 0. The Morgan fingerprint density at radius 2 is 2.45 bits per heavy atom. The van der Waals surface area contributed by atoms with Crippen LogP contribution in [0.3, 0.4) is 0 Å². The van der Waals surface area contributed by atoms with Gasteiger partial charge in [-0.3, -0.25) is 4.79 Å². The third kappa shape index (κ3) is 1.82. The quantitative estimate of drug-likeness (QED) is 0.618. The van der Waals surface area contributed by atoms with E-state index in [1.54, 1.807) is 0 Å². The summed E-state index contributed by atoms with van der Waals surface area (Å²) >= 11 is 0. The topological polar surface area (TPSA) is 37.3 Å². The van der Waals surface area contributed by atoms with E-state index in [1.807, 2.05) is 6.92 Å². The largest absolute Gasteiger partial charge is 0.513 e. The van der Waals surface area contributed by atoms with Crippen molar-refractivity contribution in [3.63, 3.8) is 0 Å². The molecule has 0 aliphatic heterocycles. The minimum atomic E-state index is 0.124. The van der Waals surface area contributed by atoms with Crippen molar-refractivity contribution < 1.29 is 9.90 Å². The molecule has 0 heterocycles. The molecule has 2 atom stereocenters. The molecule has 0 saturated heterocycles. The third-order valence-corrected chi connectivity index (χ3v) is 2.47. The summed E-state index contributed by atoms with van der Waals surface area (Å²) in [7, 11) is 0. The lowest BCUT2D eigenvalue weighted by Gasteiger charge is -2.11. The highest BCUT2D eigenvalue weighted by Crippen LogP contribution is 2.32. The zero-order valence-corrected chi connectivity index (χ0v) is 6.84. The number of aliphatic hydroxyl groups is 1. The van der Waals surface area contributed by atoms with Gasteiger partial charge in [-0.1, -0.05) is 13.5 Å². The summed E-state index contributed by atoms with van der Waals surface area (Å²) in [5.74, 6) is 0.992. The predicted molar refractivity (Wildman–Crippen MR) is 43.3 cm³/mol. The van der Waals surface area contributed by atoms with Gasteiger partial charge in [0.1, 0.15) is 5.78 Å². The van der Waals surface area contributed by atoms with Gasteiger partial charge in [-0.25, -0.2) is 0 Å². The summed E-state index contributed by atoms with van der Waals surface area (Å²) in [4.78, 5) is 11.1. The van der Waals surface area contributed by atoms with Crippen molar-refractivity contribution in [2.75, 3.05) is 0 Å². The van der Waals surface area contributed by atoms with Crippen LogP contribution in [0.1, 0.15) is 26.2 Å². The number of ketones is 1. The van der Waals surface area contributed by atoms with E-state index in [9.17, 15) is 4.79 Å². The number of allylic oxidation sites excluding steroid dienone is 1. The summed E-state index contributed by atoms with van der Waals surface area (Å²) in [6, 6.07) is 0. The van der Waals surface area contributed by atoms with E-state index in [2.05, 4.69) is 6.58 Å². The summed E-state index contributed by atoms with van der Waals surface area (Å²) in [6.07, 6.45) is 2.19. The Hall–Kier alpha value is -0.790. The molecule has 0 radical (unpaired) electrons. The molecule has 1 fully saturated rings. The van der Waals surface area contributed by atoms with Crippen molar-refractivity contribution in [2.45, 2.75) is 26.2 Å². The summed E-state index contributed by atoms with van der Waals surface area (Å²) in [5, 5.41) is 8.91. The van der Waals surface area contributed by atoms with E-state index in [4.69, 9.17) is 5.11 Å². The highest BCUT2D eigenvalue weighted by molar-refractivity contribution is 5.83. The Morgan fingerprint density at radius 3 is 2.82 bits per heavy atom. The first kappa shape index (κ1) is 8.31. The van der Waals surface area contributed by atoms with Crippen LogP contribution in [0.5, 0.6) is 0 Å². The van der Waals surface area contributed by atoms with Crippen LogP contribution in [0.4, 0.5) is 0 Å². The fraction of sp³-hybridized carbons (Fsp3) is 0.667. The molecule has 0 aromatic carbocycles. The van der Waals surface area contributed by atoms with Gasteiger partial charge in [0.05, 0.1) is 5.76 Å². The van der Waals surface area contributed by atoms with Crippen LogP contribution in [-0.4, -0.2) is 10.9 Å². The van der Waals surface area contributed by atoms with E-state index in [0.717, 1.165) is 6.42 Å². The second kappa shape index (κ2) is 3.07. The van der Waals surface area contributed by atoms with Crippen LogP contribution in [0, 0.1) is 11.8 Å². The number of hydrogen-bond donors (Lipinski definition) is 1. The molecule has 1 aliphatic carbocycles. The van der Waals surface area contributed by atoms with Gasteiger partial charge in [0.25, 0.3) is 0 Å². The second-order valence-electron chi connectivity index (χ2n) is 3.32. The molecule has 0 aromatic heterocycles. The molecule has 62 valence electrons. The van der Waals surface area contributed by atoms with E-state index in [0.29, 0.717) is 24.5 Å². The molecule has 2 nitrogen and oxygen atoms in total. The maximum Gasteiger partial charge on any atom is 0.136 e. The smallest absolute Gasteiger partial charge is 0.136 e. The second-order valence-corrected chi connectivity index (χ2v) is 3.32. The maximum absolute atomic E-state index is 11.1. The molecule has 0 aromatic rings. The van der Waals surface area contributed by atoms with Crippen LogP contribution in [0.15, 0.2) is 12.3 Å². The Morgan fingerprint density at radius 1 is 1.82 bits per heavy atom. The lowest BCUT2D eigenvalue weighted by Crippen LogP contribution is -2.10. The van der Waals surface area contributed by atoms with Crippen molar-refractivity contribution in [3.05, 3.63) is 12.3 Å². The minimum absolute atomic E-state index is 0.124. The zero-order valence-electron chi connectivity index (χ0n) is 6.84. The molecule has 0 bridgehead atoms. The molecule has 1 aliphatic rings. The highest BCUT2D eigenvalue weighted by Gasteiger charge is 2.30. The lowest BCUT2D eigenvalue weighted by atomic mass is 9.94. The number of aliphatic hydroxyl groups excluding tert-OH is 1. The molecule has 0 amide bonds. The predicted octanol–water partition coefficient (Wildman–Crippen LogP) is 2.06. The monoisotopic (exact) mass is 154 g/mol. The molecule has 1 rings (SSSR count). The Balaban J connectivity index is 2.48.